The highest BCUT2D eigenvalue weighted by molar-refractivity contribution is 7.18. The Labute approximate surface area is 240 Å². The third-order valence-electron chi connectivity index (χ3n) is 6.58. The number of amides is 3. The number of rotatable bonds is 11. The molecule has 1 atom stereocenters. The molecule has 9 nitrogen and oxygen atoms in total. The van der Waals surface area contributed by atoms with Crippen LogP contribution in [-0.2, 0) is 14.3 Å². The van der Waals surface area contributed by atoms with E-state index >= 15 is 0 Å². The van der Waals surface area contributed by atoms with Crippen molar-refractivity contribution >= 4 is 52.0 Å². The minimum Gasteiger partial charge on any atom is -0.433 e. The van der Waals surface area contributed by atoms with Crippen LogP contribution in [0, 0.1) is 0 Å². The molecule has 1 aliphatic carbocycles. The Kier molecular flexibility index (Phi) is 10.0. The van der Waals surface area contributed by atoms with Crippen LogP contribution in [0.25, 0.3) is 0 Å². The number of nitrogens with zero attached hydrogens (tertiary/aromatic N) is 2. The second-order valence-corrected chi connectivity index (χ2v) is 11.1. The molecule has 41 heavy (non-hydrogen) atoms. The van der Waals surface area contributed by atoms with Crippen molar-refractivity contribution in [1.29, 1.82) is 0 Å². The Hall–Kier alpha value is -3.01. The summed E-state index contributed by atoms with van der Waals surface area (Å²) in [6.07, 6.45) is -3.08. The molecule has 16 heteroatoms. The molecule has 2 heterocycles. The topological polar surface area (TPSA) is 100 Å². The molecule has 1 aromatic carbocycles. The molecule has 224 valence electrons. The number of benzene rings is 1. The number of carbonyl (C=O) groups is 3. The first-order valence-electron chi connectivity index (χ1n) is 12.5. The van der Waals surface area contributed by atoms with E-state index in [1.165, 1.54) is 29.2 Å². The quantitative estimate of drug-likeness (QED) is 0.357. The lowest BCUT2D eigenvalue weighted by Gasteiger charge is -2.42. The Morgan fingerprint density at radius 2 is 1.98 bits per heavy atom. The third kappa shape index (κ3) is 8.27. The molecule has 0 radical (unpaired) electrons. The predicted octanol–water partition coefficient (Wildman–Crippen LogP) is 4.52. The highest BCUT2D eigenvalue weighted by Gasteiger charge is 2.42. The number of carbonyl (C=O) groups excluding carboxylic acids is 3. The van der Waals surface area contributed by atoms with E-state index in [-0.39, 0.29) is 36.0 Å². The summed E-state index contributed by atoms with van der Waals surface area (Å²) in [6, 6.07) is 4.59. The molecular formula is C25H26ClF5N4O5S. The summed E-state index contributed by atoms with van der Waals surface area (Å²) in [5, 5.41) is 4.97. The number of alkyl halides is 5. The van der Waals surface area contributed by atoms with E-state index < -0.39 is 61.4 Å². The molecule has 0 bridgehead atoms. The minimum absolute atomic E-state index is 0.0168. The lowest BCUT2D eigenvalue weighted by Crippen LogP contribution is -2.58. The van der Waals surface area contributed by atoms with Gasteiger partial charge in [-0.05, 0) is 37.1 Å². The standard InChI is InChI=1S/C25H26ClF5N4O5S/c26-20-7-6-19(41-20)23(38)32-11-17(35(13-25(29,30)31)15-2-1-3-15)22(37)33-14-4-5-16(18(10-14)40-24(27)28)34-8-9-39-12-21(34)36/h4-7,10,15,17,24H,1-3,8-9,11-13H2,(H,32,38)(H,33,37)/t17-/m0/s1. The van der Waals surface area contributed by atoms with E-state index in [0.717, 1.165) is 22.3 Å². The van der Waals surface area contributed by atoms with E-state index in [1.807, 2.05) is 0 Å². The molecule has 0 spiro atoms. The van der Waals surface area contributed by atoms with Crippen molar-refractivity contribution in [2.24, 2.45) is 0 Å². The average molecular weight is 625 g/mol. The normalized spacial score (nSPS) is 17.0. The fourth-order valence-electron chi connectivity index (χ4n) is 4.50. The van der Waals surface area contributed by atoms with Crippen LogP contribution in [0.5, 0.6) is 5.75 Å². The molecule has 3 amide bonds. The first-order chi connectivity index (χ1) is 19.4. The maximum atomic E-state index is 13.6. The molecule has 2 aromatic rings. The van der Waals surface area contributed by atoms with Crippen molar-refractivity contribution in [2.75, 3.05) is 43.1 Å². The van der Waals surface area contributed by atoms with Crippen LogP contribution in [0.2, 0.25) is 4.34 Å². The van der Waals surface area contributed by atoms with Crippen LogP contribution in [0.3, 0.4) is 0 Å². The first kappa shape index (κ1) is 30.9. The van der Waals surface area contributed by atoms with Crippen molar-refractivity contribution in [2.45, 2.75) is 44.1 Å². The maximum Gasteiger partial charge on any atom is 0.401 e. The molecule has 2 aliphatic rings. The molecular weight excluding hydrogens is 599 g/mol. The molecule has 1 saturated carbocycles. The van der Waals surface area contributed by atoms with E-state index in [9.17, 15) is 36.3 Å². The number of ether oxygens (including phenoxy) is 2. The predicted molar refractivity (Wildman–Crippen MR) is 141 cm³/mol. The molecule has 1 saturated heterocycles. The summed E-state index contributed by atoms with van der Waals surface area (Å²) in [6.45, 7) is -5.13. The SMILES string of the molecule is O=C(NC[C@@H](C(=O)Nc1ccc(N2CCOCC2=O)c(OC(F)F)c1)N(CC(F)(F)F)C1CCC1)c1ccc(Cl)s1. The number of hydrogen-bond donors (Lipinski definition) is 2. The van der Waals surface area contributed by atoms with Crippen LogP contribution in [-0.4, -0.2) is 80.3 Å². The van der Waals surface area contributed by atoms with Crippen molar-refractivity contribution < 1.29 is 45.8 Å². The van der Waals surface area contributed by atoms with Gasteiger partial charge in [-0.25, -0.2) is 0 Å². The van der Waals surface area contributed by atoms with E-state index in [4.69, 9.17) is 16.3 Å². The Morgan fingerprint density at radius 1 is 1.22 bits per heavy atom. The fourth-order valence-corrected chi connectivity index (χ4v) is 5.46. The van der Waals surface area contributed by atoms with Crippen LogP contribution < -0.4 is 20.3 Å². The van der Waals surface area contributed by atoms with Crippen molar-refractivity contribution in [3.63, 3.8) is 0 Å². The summed E-state index contributed by atoms with van der Waals surface area (Å²) in [5.74, 6) is -2.42. The Bertz CT molecular complexity index is 1260. The highest BCUT2D eigenvalue weighted by atomic mass is 35.5. The van der Waals surface area contributed by atoms with Gasteiger partial charge in [-0.2, -0.15) is 22.0 Å². The van der Waals surface area contributed by atoms with Crippen LogP contribution >= 0.6 is 22.9 Å². The summed E-state index contributed by atoms with van der Waals surface area (Å²) in [5.41, 5.74) is -0.0415. The van der Waals surface area contributed by atoms with Gasteiger partial charge in [-0.15, -0.1) is 11.3 Å². The van der Waals surface area contributed by atoms with E-state index in [0.29, 0.717) is 23.6 Å². The Morgan fingerprint density at radius 3 is 2.56 bits per heavy atom. The maximum absolute atomic E-state index is 13.6. The largest absolute Gasteiger partial charge is 0.433 e. The number of nitrogens with one attached hydrogen (secondary N) is 2. The van der Waals surface area contributed by atoms with Gasteiger partial charge in [-0.3, -0.25) is 19.3 Å². The zero-order valence-corrected chi connectivity index (χ0v) is 23.0. The lowest BCUT2D eigenvalue weighted by atomic mass is 9.90. The van der Waals surface area contributed by atoms with Crippen LogP contribution in [0.4, 0.5) is 33.3 Å². The van der Waals surface area contributed by atoms with Gasteiger partial charge >= 0.3 is 12.8 Å². The van der Waals surface area contributed by atoms with Crippen LogP contribution in [0.15, 0.2) is 30.3 Å². The van der Waals surface area contributed by atoms with Gasteiger partial charge in [0.1, 0.15) is 12.6 Å². The Balaban J connectivity index is 1.59. The van der Waals surface area contributed by atoms with E-state index in [1.54, 1.807) is 0 Å². The van der Waals surface area contributed by atoms with Gasteiger partial charge in [0.05, 0.1) is 28.1 Å². The average Bonchev–Trinajstić information content (AvgIpc) is 3.29. The number of anilines is 2. The molecule has 2 fully saturated rings. The van der Waals surface area contributed by atoms with Gasteiger partial charge in [0.25, 0.3) is 11.8 Å². The smallest absolute Gasteiger partial charge is 0.401 e. The van der Waals surface area contributed by atoms with Gasteiger partial charge in [0.15, 0.2) is 5.75 Å². The minimum atomic E-state index is -4.63. The number of halogens is 6. The van der Waals surface area contributed by atoms with E-state index in [2.05, 4.69) is 15.4 Å². The molecule has 4 rings (SSSR count). The fraction of sp³-hybridized carbons (Fsp3) is 0.480. The third-order valence-corrected chi connectivity index (χ3v) is 7.81. The number of morpholine rings is 1. The second-order valence-electron chi connectivity index (χ2n) is 9.35. The summed E-state index contributed by atoms with van der Waals surface area (Å²) in [7, 11) is 0. The van der Waals surface area contributed by atoms with Gasteiger partial charge in [0, 0.05) is 30.9 Å². The number of thiophene rings is 1. The van der Waals surface area contributed by atoms with Crippen LogP contribution in [0.1, 0.15) is 28.9 Å². The van der Waals surface area contributed by atoms with Gasteiger partial charge < -0.3 is 25.0 Å². The summed E-state index contributed by atoms with van der Waals surface area (Å²) >= 11 is 6.83. The zero-order chi connectivity index (χ0) is 29.7. The molecule has 0 unspecified atom stereocenters. The number of hydrogen-bond acceptors (Lipinski definition) is 7. The summed E-state index contributed by atoms with van der Waals surface area (Å²) in [4.78, 5) is 40.7. The van der Waals surface area contributed by atoms with Gasteiger partial charge in [-0.1, -0.05) is 18.0 Å². The first-order valence-corrected chi connectivity index (χ1v) is 13.7. The molecule has 1 aromatic heterocycles. The van der Waals surface area contributed by atoms with Gasteiger partial charge in [0.2, 0.25) is 5.91 Å². The van der Waals surface area contributed by atoms with Crippen molar-refractivity contribution in [3.05, 3.63) is 39.5 Å². The molecule has 1 aliphatic heterocycles. The summed E-state index contributed by atoms with van der Waals surface area (Å²) < 4.78 is 77.1. The highest BCUT2D eigenvalue weighted by Crippen LogP contribution is 2.35. The molecule has 2 N–H and O–H groups in total. The second kappa shape index (κ2) is 13.3. The van der Waals surface area contributed by atoms with Crippen molar-refractivity contribution in [3.8, 4) is 5.75 Å². The zero-order valence-electron chi connectivity index (χ0n) is 21.4. The van der Waals surface area contributed by atoms with Crippen molar-refractivity contribution in [1.82, 2.24) is 10.2 Å². The lowest BCUT2D eigenvalue weighted by molar-refractivity contribution is -0.163. The monoisotopic (exact) mass is 624 g/mol.